The van der Waals surface area contributed by atoms with Gasteiger partial charge in [-0.15, -0.1) is 0 Å². The number of carboxylic acids is 1. The van der Waals surface area contributed by atoms with Crippen molar-refractivity contribution in [1.82, 2.24) is 0 Å². The van der Waals surface area contributed by atoms with Crippen molar-refractivity contribution in [1.29, 1.82) is 0 Å². The molecule has 7 heteroatoms. The van der Waals surface area contributed by atoms with Gasteiger partial charge in [-0.2, -0.15) is 0 Å². The van der Waals surface area contributed by atoms with Gasteiger partial charge in [0.05, 0.1) is 30.2 Å². The molecular weight excluding hydrogens is 336 g/mol. The Morgan fingerprint density at radius 3 is 2.25 bits per heavy atom. The number of esters is 1. The number of aryl methyl sites for hydroxylation is 1. The first-order valence-corrected chi connectivity index (χ1v) is 7.55. The van der Waals surface area contributed by atoms with Crippen molar-refractivity contribution in [3.63, 3.8) is 0 Å². The van der Waals surface area contributed by atoms with Crippen molar-refractivity contribution in [2.45, 2.75) is 20.3 Å². The number of fused-ring (bicyclic) bond motifs is 1. The van der Waals surface area contributed by atoms with Crippen molar-refractivity contribution in [2.24, 2.45) is 0 Å². The van der Waals surface area contributed by atoms with Crippen molar-refractivity contribution in [3.8, 4) is 17.2 Å². The van der Waals surface area contributed by atoms with Crippen LogP contribution in [-0.2, 0) is 11.2 Å². The third kappa shape index (κ3) is 2.97. The minimum atomic E-state index is -1.13. The van der Waals surface area contributed by atoms with Gasteiger partial charge in [-0.1, -0.05) is 18.5 Å². The molecule has 2 rings (SSSR count). The molecular formula is C17H17ClO6. The second-order valence-electron chi connectivity index (χ2n) is 5.00. The van der Waals surface area contributed by atoms with Crippen LogP contribution in [0.15, 0.2) is 12.1 Å². The monoisotopic (exact) mass is 352 g/mol. The topological polar surface area (TPSA) is 82.1 Å². The summed E-state index contributed by atoms with van der Waals surface area (Å²) in [6.07, 6.45) is 0.430. The minimum absolute atomic E-state index is 0.0314. The summed E-state index contributed by atoms with van der Waals surface area (Å²) in [5, 5.41) is 10.7. The molecule has 0 saturated heterocycles. The molecule has 0 radical (unpaired) electrons. The molecule has 0 heterocycles. The minimum Gasteiger partial charge on any atom is -0.496 e. The van der Waals surface area contributed by atoms with E-state index in [1.54, 1.807) is 6.07 Å². The van der Waals surface area contributed by atoms with E-state index in [0.717, 1.165) is 0 Å². The molecule has 0 spiro atoms. The van der Waals surface area contributed by atoms with Gasteiger partial charge in [0.15, 0.2) is 0 Å². The average molecular weight is 353 g/mol. The van der Waals surface area contributed by atoms with Gasteiger partial charge in [0.1, 0.15) is 17.2 Å². The number of hydrogen-bond acceptors (Lipinski definition) is 5. The Morgan fingerprint density at radius 2 is 1.79 bits per heavy atom. The van der Waals surface area contributed by atoms with Crippen molar-refractivity contribution in [3.05, 3.63) is 28.3 Å². The van der Waals surface area contributed by atoms with Crippen LogP contribution in [0.2, 0.25) is 5.02 Å². The highest BCUT2D eigenvalue weighted by Gasteiger charge is 2.24. The molecule has 1 N–H and O–H groups in total. The third-order valence-electron chi connectivity index (χ3n) is 3.61. The number of halogens is 1. The normalized spacial score (nSPS) is 10.5. The smallest absolute Gasteiger partial charge is 0.336 e. The highest BCUT2D eigenvalue weighted by Crippen LogP contribution is 2.46. The maximum absolute atomic E-state index is 11.6. The molecule has 0 fully saturated rings. The van der Waals surface area contributed by atoms with E-state index < -0.39 is 11.9 Å². The maximum Gasteiger partial charge on any atom is 0.336 e. The number of aromatic carboxylic acids is 1. The number of methoxy groups -OCH3 is 2. The van der Waals surface area contributed by atoms with Crippen LogP contribution in [0.5, 0.6) is 17.2 Å². The largest absolute Gasteiger partial charge is 0.496 e. The Morgan fingerprint density at radius 1 is 1.12 bits per heavy atom. The van der Waals surface area contributed by atoms with Crippen molar-refractivity contribution < 1.29 is 28.9 Å². The van der Waals surface area contributed by atoms with Gasteiger partial charge in [-0.3, -0.25) is 4.79 Å². The number of carboxylic acid groups (broad SMARTS) is 1. The van der Waals surface area contributed by atoms with E-state index in [0.29, 0.717) is 28.5 Å². The number of hydrogen-bond donors (Lipinski definition) is 1. The van der Waals surface area contributed by atoms with Gasteiger partial charge >= 0.3 is 11.9 Å². The number of rotatable bonds is 5. The van der Waals surface area contributed by atoms with Crippen LogP contribution < -0.4 is 14.2 Å². The summed E-state index contributed by atoms with van der Waals surface area (Å²) in [6.45, 7) is 3.06. The number of carbonyl (C=O) groups excluding carboxylic acids is 1. The van der Waals surface area contributed by atoms with E-state index in [-0.39, 0.29) is 22.1 Å². The fourth-order valence-corrected chi connectivity index (χ4v) is 2.99. The number of ether oxygens (including phenoxy) is 3. The first-order chi connectivity index (χ1) is 11.3. The van der Waals surface area contributed by atoms with Gasteiger partial charge in [-0.05, 0) is 18.1 Å². The molecule has 2 aromatic rings. The van der Waals surface area contributed by atoms with Crippen LogP contribution >= 0.6 is 11.6 Å². The van der Waals surface area contributed by atoms with E-state index in [1.807, 2.05) is 6.92 Å². The lowest BCUT2D eigenvalue weighted by Crippen LogP contribution is -2.09. The lowest BCUT2D eigenvalue weighted by Gasteiger charge is -2.19. The predicted octanol–water partition coefficient (Wildman–Crippen LogP) is 3.70. The Bertz CT molecular complexity index is 828. The highest BCUT2D eigenvalue weighted by molar-refractivity contribution is 6.34. The number of benzene rings is 2. The van der Waals surface area contributed by atoms with Crippen molar-refractivity contribution in [2.75, 3.05) is 14.2 Å². The van der Waals surface area contributed by atoms with E-state index in [4.69, 9.17) is 25.8 Å². The third-order valence-corrected chi connectivity index (χ3v) is 3.89. The van der Waals surface area contributed by atoms with Gasteiger partial charge < -0.3 is 19.3 Å². The summed E-state index contributed by atoms with van der Waals surface area (Å²) in [4.78, 5) is 23.1. The fourth-order valence-electron chi connectivity index (χ4n) is 2.72. The van der Waals surface area contributed by atoms with E-state index in [1.165, 1.54) is 27.2 Å². The Hall–Kier alpha value is -2.47. The zero-order valence-electron chi connectivity index (χ0n) is 13.7. The molecule has 0 aliphatic heterocycles. The summed E-state index contributed by atoms with van der Waals surface area (Å²) in [5.74, 6) is -0.986. The van der Waals surface area contributed by atoms with Crippen LogP contribution in [0.4, 0.5) is 0 Å². The molecule has 0 saturated carbocycles. The molecule has 0 amide bonds. The average Bonchev–Trinajstić information content (AvgIpc) is 2.53. The van der Waals surface area contributed by atoms with Gasteiger partial charge in [0.25, 0.3) is 0 Å². The van der Waals surface area contributed by atoms with Crippen LogP contribution in [0.1, 0.15) is 29.8 Å². The summed E-state index contributed by atoms with van der Waals surface area (Å²) >= 11 is 6.23. The molecule has 0 bridgehead atoms. The molecule has 6 nitrogen and oxygen atoms in total. The lowest BCUT2D eigenvalue weighted by molar-refractivity contribution is -0.131. The summed E-state index contributed by atoms with van der Waals surface area (Å²) in [7, 11) is 2.89. The second kappa shape index (κ2) is 6.97. The highest BCUT2D eigenvalue weighted by atomic mass is 35.5. The number of carbonyl (C=O) groups is 2. The predicted molar refractivity (Wildman–Crippen MR) is 89.7 cm³/mol. The molecule has 0 atom stereocenters. The summed E-state index contributed by atoms with van der Waals surface area (Å²) in [5.41, 5.74) is 0.573. The molecule has 2 aromatic carbocycles. The zero-order valence-corrected chi connectivity index (χ0v) is 14.5. The summed E-state index contributed by atoms with van der Waals surface area (Å²) < 4.78 is 15.9. The fraction of sp³-hybridized carbons (Fsp3) is 0.294. The molecule has 0 unspecified atom stereocenters. The van der Waals surface area contributed by atoms with E-state index in [2.05, 4.69) is 0 Å². The van der Waals surface area contributed by atoms with Crippen molar-refractivity contribution >= 4 is 34.3 Å². The van der Waals surface area contributed by atoms with E-state index >= 15 is 0 Å². The molecule has 0 aliphatic carbocycles. The molecule has 0 aliphatic rings. The Balaban J connectivity index is 3.11. The zero-order chi connectivity index (χ0) is 18.0. The van der Waals surface area contributed by atoms with Crippen LogP contribution in [0, 0.1) is 0 Å². The molecule has 24 heavy (non-hydrogen) atoms. The SMILES string of the molecule is CCc1c(C(=O)O)cc(OC(C)=O)c2c(OC)c(Cl)cc(OC)c12. The van der Waals surface area contributed by atoms with Crippen LogP contribution in [0.3, 0.4) is 0 Å². The van der Waals surface area contributed by atoms with E-state index in [9.17, 15) is 14.7 Å². The lowest BCUT2D eigenvalue weighted by atomic mass is 9.94. The second-order valence-corrected chi connectivity index (χ2v) is 5.40. The first kappa shape index (κ1) is 17.9. The maximum atomic E-state index is 11.6. The van der Waals surface area contributed by atoms with Gasteiger partial charge in [0, 0.05) is 18.4 Å². The summed E-state index contributed by atoms with van der Waals surface area (Å²) in [6, 6.07) is 2.86. The van der Waals surface area contributed by atoms with Gasteiger partial charge in [-0.25, -0.2) is 4.79 Å². The Kier molecular flexibility index (Phi) is 5.19. The first-order valence-electron chi connectivity index (χ1n) is 7.17. The molecule has 128 valence electrons. The Labute approximate surface area is 143 Å². The van der Waals surface area contributed by atoms with Gasteiger partial charge in [0.2, 0.25) is 0 Å². The van der Waals surface area contributed by atoms with Crippen LogP contribution in [-0.4, -0.2) is 31.3 Å². The quantitative estimate of drug-likeness (QED) is 0.652. The molecule has 0 aromatic heterocycles. The standard InChI is InChI=1S/C17H17ClO6/c1-5-9-10(17(20)21)6-13(24-8(2)19)15-14(9)12(22-3)7-11(18)16(15)23-4/h6-7H,5H2,1-4H3,(H,20,21). The van der Waals surface area contributed by atoms with Crippen LogP contribution in [0.25, 0.3) is 10.8 Å².